The van der Waals surface area contributed by atoms with Crippen molar-refractivity contribution in [1.29, 1.82) is 0 Å². The highest BCUT2D eigenvalue weighted by Gasteiger charge is 2.08. The Hall–Kier alpha value is -2.03. The summed E-state index contributed by atoms with van der Waals surface area (Å²) in [6, 6.07) is 7.73. The van der Waals surface area contributed by atoms with Crippen LogP contribution in [0, 0.1) is 13.8 Å². The topological polar surface area (TPSA) is 31.2 Å². The van der Waals surface area contributed by atoms with Crippen LogP contribution in [0.5, 0.6) is 5.75 Å². The van der Waals surface area contributed by atoms with Crippen LogP contribution in [-0.2, 0) is 7.05 Å². The minimum absolute atomic E-state index is 0.00410. The van der Waals surface area contributed by atoms with E-state index in [1.165, 1.54) is 5.56 Å². The molecule has 0 radical (unpaired) electrons. The van der Waals surface area contributed by atoms with Gasteiger partial charge in [-0.3, -0.25) is 4.79 Å². The summed E-state index contributed by atoms with van der Waals surface area (Å²) in [5, 5.41) is 0. The van der Waals surface area contributed by atoms with Crippen LogP contribution in [0.2, 0.25) is 0 Å². The summed E-state index contributed by atoms with van der Waals surface area (Å²) in [5.41, 5.74) is 2.92. The average Bonchev–Trinajstić information content (AvgIpc) is 2.74. The zero-order valence-corrected chi connectivity index (χ0v) is 10.9. The second-order valence-electron chi connectivity index (χ2n) is 4.55. The quantitative estimate of drug-likeness (QED) is 0.773. The van der Waals surface area contributed by atoms with Gasteiger partial charge in [-0.25, -0.2) is 0 Å². The first-order chi connectivity index (χ1) is 8.56. The number of hydrogen-bond donors (Lipinski definition) is 0. The zero-order valence-electron chi connectivity index (χ0n) is 10.9. The third kappa shape index (κ3) is 2.80. The first-order valence-electron chi connectivity index (χ1n) is 5.91. The molecule has 2 rings (SSSR count). The van der Waals surface area contributed by atoms with Gasteiger partial charge in [-0.1, -0.05) is 17.7 Å². The van der Waals surface area contributed by atoms with Gasteiger partial charge in [0.1, 0.15) is 5.75 Å². The molecule has 0 amide bonds. The third-order valence-electron chi connectivity index (χ3n) is 2.84. The van der Waals surface area contributed by atoms with Crippen molar-refractivity contribution in [2.45, 2.75) is 13.8 Å². The third-order valence-corrected chi connectivity index (χ3v) is 2.84. The number of Topliss-reactive ketones (excluding diaryl/α,β-unsaturated/α-hetero) is 1. The van der Waals surface area contributed by atoms with Crippen molar-refractivity contribution in [2.75, 3.05) is 6.61 Å². The van der Waals surface area contributed by atoms with Crippen LogP contribution < -0.4 is 4.74 Å². The summed E-state index contributed by atoms with van der Waals surface area (Å²) in [6.07, 6.45) is 3.65. The van der Waals surface area contributed by atoms with Crippen molar-refractivity contribution < 1.29 is 9.53 Å². The molecule has 3 nitrogen and oxygen atoms in total. The summed E-state index contributed by atoms with van der Waals surface area (Å²) in [7, 11) is 1.89. The van der Waals surface area contributed by atoms with Gasteiger partial charge in [-0.2, -0.15) is 0 Å². The smallest absolute Gasteiger partial charge is 0.201 e. The Morgan fingerprint density at radius 1 is 1.28 bits per heavy atom. The molecule has 0 aliphatic carbocycles. The number of aryl methyl sites for hydroxylation is 3. The van der Waals surface area contributed by atoms with E-state index >= 15 is 0 Å². The summed E-state index contributed by atoms with van der Waals surface area (Å²) >= 11 is 0. The maximum absolute atomic E-state index is 11.9. The Kier molecular flexibility index (Phi) is 3.51. The number of carbonyl (C=O) groups excluding carboxylic acids is 1. The number of aromatic nitrogens is 1. The molecule has 0 atom stereocenters. The Balaban J connectivity index is 2.01. The summed E-state index contributed by atoms with van der Waals surface area (Å²) in [5.74, 6) is 0.764. The molecular formula is C15H17NO2. The number of benzene rings is 1. The van der Waals surface area contributed by atoms with Crippen LogP contribution in [0.3, 0.4) is 0 Å². The van der Waals surface area contributed by atoms with Crippen LogP contribution >= 0.6 is 0 Å². The van der Waals surface area contributed by atoms with Gasteiger partial charge in [0.25, 0.3) is 0 Å². The molecule has 0 aliphatic heterocycles. The van der Waals surface area contributed by atoms with E-state index in [1.54, 1.807) is 12.3 Å². The number of carbonyl (C=O) groups is 1. The Labute approximate surface area is 107 Å². The second-order valence-corrected chi connectivity index (χ2v) is 4.55. The highest BCUT2D eigenvalue weighted by Crippen LogP contribution is 2.18. The van der Waals surface area contributed by atoms with E-state index in [-0.39, 0.29) is 12.4 Å². The lowest BCUT2D eigenvalue weighted by molar-refractivity contribution is 0.0921. The fraction of sp³-hybridized carbons (Fsp3) is 0.267. The van der Waals surface area contributed by atoms with Crippen LogP contribution in [0.15, 0.2) is 36.7 Å². The van der Waals surface area contributed by atoms with Crippen molar-refractivity contribution in [3.05, 3.63) is 53.3 Å². The summed E-state index contributed by atoms with van der Waals surface area (Å²) in [4.78, 5) is 11.9. The molecule has 0 saturated heterocycles. The molecule has 18 heavy (non-hydrogen) atoms. The first-order valence-corrected chi connectivity index (χ1v) is 5.91. The molecule has 0 aliphatic rings. The minimum Gasteiger partial charge on any atom is -0.485 e. The maximum Gasteiger partial charge on any atom is 0.201 e. The first kappa shape index (κ1) is 12.4. The molecule has 1 aromatic heterocycles. The van der Waals surface area contributed by atoms with Gasteiger partial charge in [-0.05, 0) is 31.5 Å². The normalized spacial score (nSPS) is 10.4. The molecule has 0 N–H and O–H groups in total. The molecule has 2 aromatic rings. The molecule has 0 spiro atoms. The van der Waals surface area contributed by atoms with Gasteiger partial charge in [0.2, 0.25) is 5.78 Å². The van der Waals surface area contributed by atoms with E-state index in [0.29, 0.717) is 5.56 Å². The second kappa shape index (κ2) is 5.08. The molecule has 0 unspecified atom stereocenters. The van der Waals surface area contributed by atoms with Gasteiger partial charge in [0.15, 0.2) is 6.61 Å². The van der Waals surface area contributed by atoms with E-state index in [9.17, 15) is 4.79 Å². The minimum atomic E-state index is -0.00410. The fourth-order valence-corrected chi connectivity index (χ4v) is 1.86. The Morgan fingerprint density at radius 3 is 2.67 bits per heavy atom. The highest BCUT2D eigenvalue weighted by molar-refractivity contribution is 5.97. The van der Waals surface area contributed by atoms with Crippen LogP contribution in [-0.4, -0.2) is 17.0 Å². The molecule has 1 heterocycles. The molecule has 1 aromatic carbocycles. The maximum atomic E-state index is 11.9. The van der Waals surface area contributed by atoms with Gasteiger partial charge < -0.3 is 9.30 Å². The number of ether oxygens (including phenoxy) is 1. The van der Waals surface area contributed by atoms with Gasteiger partial charge in [0.05, 0.1) is 0 Å². The van der Waals surface area contributed by atoms with Crippen molar-refractivity contribution in [2.24, 2.45) is 7.05 Å². The van der Waals surface area contributed by atoms with E-state index in [2.05, 4.69) is 0 Å². The predicted molar refractivity (Wildman–Crippen MR) is 71.2 cm³/mol. The van der Waals surface area contributed by atoms with E-state index < -0.39 is 0 Å². The van der Waals surface area contributed by atoms with Gasteiger partial charge in [0, 0.05) is 25.0 Å². The van der Waals surface area contributed by atoms with Crippen LogP contribution in [0.25, 0.3) is 0 Å². The SMILES string of the molecule is Cc1ccc(OCC(=O)c2ccn(C)c2)c(C)c1. The predicted octanol–water partition coefficient (Wildman–Crippen LogP) is 2.90. The van der Waals surface area contributed by atoms with Crippen molar-refractivity contribution in [3.63, 3.8) is 0 Å². The molecule has 0 saturated carbocycles. The average molecular weight is 243 g/mol. The van der Waals surface area contributed by atoms with Gasteiger partial charge in [-0.15, -0.1) is 0 Å². The van der Waals surface area contributed by atoms with E-state index in [1.807, 2.05) is 49.9 Å². The molecule has 94 valence electrons. The summed E-state index contributed by atoms with van der Waals surface area (Å²) < 4.78 is 7.41. The summed E-state index contributed by atoms with van der Waals surface area (Å²) in [6.45, 7) is 4.09. The highest BCUT2D eigenvalue weighted by atomic mass is 16.5. The van der Waals surface area contributed by atoms with Crippen molar-refractivity contribution >= 4 is 5.78 Å². The number of ketones is 1. The van der Waals surface area contributed by atoms with Crippen LogP contribution in [0.4, 0.5) is 0 Å². The molecule has 3 heteroatoms. The molecule has 0 fully saturated rings. The number of nitrogens with zero attached hydrogens (tertiary/aromatic N) is 1. The number of hydrogen-bond acceptors (Lipinski definition) is 2. The fourth-order valence-electron chi connectivity index (χ4n) is 1.86. The standard InChI is InChI=1S/C15H17NO2/c1-11-4-5-15(12(2)8-11)18-10-14(17)13-6-7-16(3)9-13/h4-9H,10H2,1-3H3. The lowest BCUT2D eigenvalue weighted by Gasteiger charge is -2.08. The molecular weight excluding hydrogens is 226 g/mol. The Morgan fingerprint density at radius 2 is 2.06 bits per heavy atom. The largest absolute Gasteiger partial charge is 0.485 e. The van der Waals surface area contributed by atoms with E-state index in [4.69, 9.17) is 4.74 Å². The van der Waals surface area contributed by atoms with Crippen molar-refractivity contribution in [3.8, 4) is 5.75 Å². The van der Waals surface area contributed by atoms with Crippen LogP contribution in [0.1, 0.15) is 21.5 Å². The Bertz CT molecular complexity index is 570. The number of rotatable bonds is 4. The lowest BCUT2D eigenvalue weighted by atomic mass is 10.1. The monoisotopic (exact) mass is 243 g/mol. The lowest BCUT2D eigenvalue weighted by Crippen LogP contribution is -2.11. The molecule has 0 bridgehead atoms. The van der Waals surface area contributed by atoms with Gasteiger partial charge >= 0.3 is 0 Å². The van der Waals surface area contributed by atoms with E-state index in [0.717, 1.165) is 11.3 Å². The van der Waals surface area contributed by atoms with Crippen molar-refractivity contribution in [1.82, 2.24) is 4.57 Å². The zero-order chi connectivity index (χ0) is 13.1.